The molecule has 0 unspecified atom stereocenters. The van der Waals surface area contributed by atoms with Gasteiger partial charge < -0.3 is 14.6 Å². The molecule has 1 N–H and O–H groups in total. The molecule has 5 nitrogen and oxygen atoms in total. The number of para-hydroxylation sites is 1. The Balaban J connectivity index is -0.000000280. The number of benzene rings is 1. The lowest BCUT2D eigenvalue weighted by molar-refractivity contribution is -0.144. The molecule has 0 saturated heterocycles. The third-order valence-electron chi connectivity index (χ3n) is 1.86. The molecule has 22 heavy (non-hydrogen) atoms. The highest BCUT2D eigenvalue weighted by Crippen LogP contribution is 2.02. The molecule has 0 saturated carbocycles. The molecule has 1 rings (SSSR count). The van der Waals surface area contributed by atoms with Gasteiger partial charge in [-0.3, -0.25) is 0 Å². The first kappa shape index (κ1) is 24.7. The van der Waals surface area contributed by atoms with Crippen LogP contribution in [0.2, 0.25) is 0 Å². The molecule has 126 valence electrons. The maximum Gasteiger partial charge on any atom is 0.344 e. The van der Waals surface area contributed by atoms with Crippen molar-refractivity contribution in [3.05, 3.63) is 42.0 Å². The average Bonchev–Trinajstić information content (AvgIpc) is 2.60. The Morgan fingerprint density at radius 3 is 1.45 bits per heavy atom. The van der Waals surface area contributed by atoms with Crippen molar-refractivity contribution < 1.29 is 24.2 Å². The van der Waals surface area contributed by atoms with E-state index in [2.05, 4.69) is 9.47 Å². The monoisotopic (exact) mass is 312 g/mol. The Kier molecular flexibility index (Phi) is 21.0. The number of rotatable bonds is 2. The molecule has 0 bridgehead atoms. The minimum atomic E-state index is -0.681. The highest BCUT2D eigenvalue weighted by Gasteiger charge is 2.17. The quantitative estimate of drug-likeness (QED) is 0.390. The van der Waals surface area contributed by atoms with Crippen LogP contribution in [0, 0.1) is 0 Å². The van der Waals surface area contributed by atoms with Gasteiger partial charge in [0, 0.05) is 0 Å². The van der Waals surface area contributed by atoms with Gasteiger partial charge in [-0.05, 0) is 19.1 Å². The zero-order valence-corrected chi connectivity index (χ0v) is 14.5. The summed E-state index contributed by atoms with van der Waals surface area (Å²) in [5, 5.41) is 8.63. The second-order valence-electron chi connectivity index (χ2n) is 3.02. The summed E-state index contributed by atoms with van der Waals surface area (Å²) >= 11 is 0. The van der Waals surface area contributed by atoms with Crippen molar-refractivity contribution in [1.29, 1.82) is 0 Å². The number of carbonyl (C=O) groups is 2. The van der Waals surface area contributed by atoms with Crippen molar-refractivity contribution in [3.8, 4) is 5.75 Å². The van der Waals surface area contributed by atoms with E-state index >= 15 is 0 Å². The van der Waals surface area contributed by atoms with Crippen molar-refractivity contribution in [2.75, 3.05) is 14.2 Å². The normalized spacial score (nSPS) is 7.41. The number of esters is 2. The summed E-state index contributed by atoms with van der Waals surface area (Å²) in [6, 6.07) is 8.71. The van der Waals surface area contributed by atoms with Gasteiger partial charge in [0.25, 0.3) is 0 Å². The first-order valence-electron chi connectivity index (χ1n) is 7.13. The summed E-state index contributed by atoms with van der Waals surface area (Å²) in [5.74, 6) is -1.04. The molecule has 0 amide bonds. The number of ether oxygens (including phenoxy) is 2. The largest absolute Gasteiger partial charge is 0.508 e. The molecule has 0 aliphatic carbocycles. The molecule has 0 aliphatic heterocycles. The van der Waals surface area contributed by atoms with E-state index in [-0.39, 0.29) is 5.57 Å². The van der Waals surface area contributed by atoms with Gasteiger partial charge in [-0.25, -0.2) is 9.59 Å². The maximum absolute atomic E-state index is 10.8. The van der Waals surface area contributed by atoms with E-state index < -0.39 is 11.9 Å². The van der Waals surface area contributed by atoms with Crippen LogP contribution in [0.1, 0.15) is 34.6 Å². The zero-order valence-electron chi connectivity index (χ0n) is 14.5. The molecule has 5 heteroatoms. The second kappa shape index (κ2) is 18.7. The van der Waals surface area contributed by atoms with Gasteiger partial charge in [-0.1, -0.05) is 52.0 Å². The molecule has 0 aromatic heterocycles. The van der Waals surface area contributed by atoms with Crippen LogP contribution in [0.25, 0.3) is 0 Å². The molecule has 0 aliphatic rings. The maximum atomic E-state index is 10.8. The van der Waals surface area contributed by atoms with Crippen LogP contribution in [0.5, 0.6) is 5.75 Å². The van der Waals surface area contributed by atoms with Gasteiger partial charge in [0.15, 0.2) is 0 Å². The van der Waals surface area contributed by atoms with Gasteiger partial charge in [0.2, 0.25) is 0 Å². The first-order chi connectivity index (χ1) is 10.6. The van der Waals surface area contributed by atoms with Gasteiger partial charge >= 0.3 is 11.9 Å². The molecular weight excluding hydrogens is 284 g/mol. The standard InChI is InChI=1S/C7H10O4.C6H6O.2C2H6/c1-4-5(6(8)10-2)7(9)11-3;7-6-4-2-1-3-5-6;2*1-2/h4H,1-3H3;1-5,7H;2*1-2H3. The van der Waals surface area contributed by atoms with E-state index in [1.54, 1.807) is 31.2 Å². The highest BCUT2D eigenvalue weighted by atomic mass is 16.5. The predicted octanol–water partition coefficient (Wildman–Crippen LogP) is 3.72. The number of phenolic OH excluding ortho intramolecular Hbond substituents is 1. The number of carbonyl (C=O) groups excluding carboxylic acids is 2. The lowest BCUT2D eigenvalue weighted by Gasteiger charge is -2.00. The lowest BCUT2D eigenvalue weighted by Crippen LogP contribution is -2.15. The fourth-order valence-corrected chi connectivity index (χ4v) is 0.967. The van der Waals surface area contributed by atoms with Crippen molar-refractivity contribution >= 4 is 11.9 Å². The Labute approximate surface area is 133 Å². The number of aromatic hydroxyl groups is 1. The molecular formula is C17H28O5. The van der Waals surface area contributed by atoms with E-state index in [0.717, 1.165) is 0 Å². The van der Waals surface area contributed by atoms with Gasteiger partial charge in [0.05, 0.1) is 14.2 Å². The van der Waals surface area contributed by atoms with Crippen LogP contribution in [-0.4, -0.2) is 31.3 Å². The third-order valence-corrected chi connectivity index (χ3v) is 1.86. The SMILES string of the molecule is CC.CC.CC=C(C(=O)OC)C(=O)OC.Oc1ccccc1. The fraction of sp³-hybridized carbons (Fsp3) is 0.412. The molecule has 1 aromatic carbocycles. The summed E-state index contributed by atoms with van der Waals surface area (Å²) in [6.45, 7) is 9.56. The molecule has 1 aromatic rings. The molecule has 0 atom stereocenters. The number of allylic oxidation sites excluding steroid dienone is 1. The average molecular weight is 312 g/mol. The summed E-state index contributed by atoms with van der Waals surface area (Å²) in [5.41, 5.74) is -0.0880. The second-order valence-corrected chi connectivity index (χ2v) is 3.02. The van der Waals surface area contributed by atoms with Crippen LogP contribution in [0.15, 0.2) is 42.0 Å². The van der Waals surface area contributed by atoms with Crippen LogP contribution in [0.3, 0.4) is 0 Å². The van der Waals surface area contributed by atoms with Gasteiger partial charge in [-0.15, -0.1) is 0 Å². The Morgan fingerprint density at radius 2 is 1.27 bits per heavy atom. The van der Waals surface area contributed by atoms with Crippen LogP contribution >= 0.6 is 0 Å². The number of methoxy groups -OCH3 is 2. The van der Waals surface area contributed by atoms with Crippen LogP contribution in [0.4, 0.5) is 0 Å². The lowest BCUT2D eigenvalue weighted by atomic mass is 10.2. The topological polar surface area (TPSA) is 72.8 Å². The minimum Gasteiger partial charge on any atom is -0.508 e. The van der Waals surface area contributed by atoms with Crippen molar-refractivity contribution in [2.45, 2.75) is 34.6 Å². The molecule has 0 heterocycles. The molecule has 0 spiro atoms. The van der Waals surface area contributed by atoms with E-state index in [4.69, 9.17) is 5.11 Å². The Bertz CT molecular complexity index is 392. The highest BCUT2D eigenvalue weighted by molar-refractivity contribution is 6.13. The summed E-state index contributed by atoms with van der Waals surface area (Å²) in [6.07, 6.45) is 1.34. The summed E-state index contributed by atoms with van der Waals surface area (Å²) in [4.78, 5) is 21.5. The Morgan fingerprint density at radius 1 is 0.909 bits per heavy atom. The van der Waals surface area contributed by atoms with Gasteiger partial charge in [0.1, 0.15) is 11.3 Å². The molecule has 0 radical (unpaired) electrons. The smallest absolute Gasteiger partial charge is 0.344 e. The van der Waals surface area contributed by atoms with Crippen LogP contribution < -0.4 is 0 Å². The van der Waals surface area contributed by atoms with Crippen molar-refractivity contribution in [2.24, 2.45) is 0 Å². The van der Waals surface area contributed by atoms with Crippen LogP contribution in [-0.2, 0) is 19.1 Å². The number of hydrogen-bond donors (Lipinski definition) is 1. The van der Waals surface area contributed by atoms with E-state index in [0.29, 0.717) is 5.75 Å². The van der Waals surface area contributed by atoms with E-state index in [1.165, 1.54) is 20.3 Å². The summed E-state index contributed by atoms with van der Waals surface area (Å²) in [7, 11) is 2.41. The molecule has 0 fully saturated rings. The number of phenols is 1. The van der Waals surface area contributed by atoms with Crippen molar-refractivity contribution in [3.63, 3.8) is 0 Å². The predicted molar refractivity (Wildman–Crippen MR) is 88.6 cm³/mol. The van der Waals surface area contributed by atoms with Gasteiger partial charge in [-0.2, -0.15) is 0 Å². The minimum absolute atomic E-state index is 0.0880. The number of hydrogen-bond acceptors (Lipinski definition) is 5. The van der Waals surface area contributed by atoms with E-state index in [1.807, 2.05) is 33.8 Å². The first-order valence-corrected chi connectivity index (χ1v) is 7.13. The fourth-order valence-electron chi connectivity index (χ4n) is 0.967. The zero-order chi connectivity index (χ0) is 18.0. The summed E-state index contributed by atoms with van der Waals surface area (Å²) < 4.78 is 8.64. The van der Waals surface area contributed by atoms with E-state index in [9.17, 15) is 9.59 Å². The third kappa shape index (κ3) is 12.7. The van der Waals surface area contributed by atoms with Crippen molar-refractivity contribution in [1.82, 2.24) is 0 Å². The Hall–Kier alpha value is -2.30.